The van der Waals surface area contributed by atoms with Crippen LogP contribution in [0.25, 0.3) is 0 Å². The number of anilines is 2. The third-order valence-corrected chi connectivity index (χ3v) is 3.19. The van der Waals surface area contributed by atoms with E-state index in [-0.39, 0.29) is 5.82 Å². The number of benzene rings is 1. The van der Waals surface area contributed by atoms with Crippen molar-refractivity contribution >= 4 is 27.3 Å². The Morgan fingerprint density at radius 3 is 2.69 bits per heavy atom. The summed E-state index contributed by atoms with van der Waals surface area (Å²) >= 11 is 3.16. The van der Waals surface area contributed by atoms with Crippen LogP contribution in [0.1, 0.15) is 33.1 Å². The van der Waals surface area contributed by atoms with E-state index in [1.54, 1.807) is 6.07 Å². The molecule has 3 N–H and O–H groups in total. The summed E-state index contributed by atoms with van der Waals surface area (Å²) in [6, 6.07) is 3.43. The fourth-order valence-electron chi connectivity index (χ4n) is 1.63. The fraction of sp³-hybridized carbons (Fsp3) is 0.500. The number of nitrogens with two attached hydrogens (primary N) is 1. The predicted octanol–water partition coefficient (Wildman–Crippen LogP) is 4.16. The second-order valence-electron chi connectivity index (χ2n) is 3.89. The average molecular weight is 289 g/mol. The Morgan fingerprint density at radius 1 is 1.44 bits per heavy atom. The number of hydrogen-bond donors (Lipinski definition) is 2. The van der Waals surface area contributed by atoms with Crippen LogP contribution in [-0.2, 0) is 0 Å². The lowest BCUT2D eigenvalue weighted by molar-refractivity contribution is 0.616. The number of nitrogen functional groups attached to an aromatic ring is 1. The van der Waals surface area contributed by atoms with E-state index in [2.05, 4.69) is 35.1 Å². The third-order valence-electron chi connectivity index (χ3n) is 2.58. The second kappa shape index (κ2) is 6.09. The molecule has 0 aliphatic heterocycles. The van der Waals surface area contributed by atoms with Gasteiger partial charge >= 0.3 is 0 Å². The van der Waals surface area contributed by atoms with Crippen LogP contribution in [0, 0.1) is 5.82 Å². The Bertz CT molecular complexity index is 355. The molecule has 0 saturated carbocycles. The van der Waals surface area contributed by atoms with Crippen LogP contribution in [0.4, 0.5) is 15.8 Å². The summed E-state index contributed by atoms with van der Waals surface area (Å²) in [5.41, 5.74) is 7.02. The summed E-state index contributed by atoms with van der Waals surface area (Å²) in [5, 5.41) is 3.34. The minimum absolute atomic E-state index is 0.327. The Morgan fingerprint density at radius 2 is 2.12 bits per heavy atom. The van der Waals surface area contributed by atoms with Crippen molar-refractivity contribution in [2.75, 3.05) is 11.1 Å². The standard InChI is InChI=1S/C12H18BrFN2/c1-3-5-8(4-2)16-12-6-9(13)10(14)7-11(12)15/h6-8,16H,3-5,15H2,1-2H3. The summed E-state index contributed by atoms with van der Waals surface area (Å²) in [4.78, 5) is 0. The molecule has 0 radical (unpaired) electrons. The lowest BCUT2D eigenvalue weighted by Gasteiger charge is -2.19. The first-order chi connectivity index (χ1) is 7.58. The first-order valence-electron chi connectivity index (χ1n) is 5.59. The van der Waals surface area contributed by atoms with Crippen molar-refractivity contribution in [1.82, 2.24) is 0 Å². The van der Waals surface area contributed by atoms with Crippen LogP contribution < -0.4 is 11.1 Å². The van der Waals surface area contributed by atoms with E-state index in [1.807, 2.05) is 0 Å². The molecule has 0 amide bonds. The average Bonchev–Trinajstić information content (AvgIpc) is 2.25. The van der Waals surface area contributed by atoms with Crippen molar-refractivity contribution < 1.29 is 4.39 Å². The highest BCUT2D eigenvalue weighted by molar-refractivity contribution is 9.10. The molecule has 0 aliphatic carbocycles. The predicted molar refractivity (Wildman–Crippen MR) is 71.1 cm³/mol. The van der Waals surface area contributed by atoms with Crippen molar-refractivity contribution in [3.05, 3.63) is 22.4 Å². The van der Waals surface area contributed by atoms with Gasteiger partial charge in [-0.1, -0.05) is 20.3 Å². The molecule has 16 heavy (non-hydrogen) atoms. The molecule has 1 unspecified atom stereocenters. The van der Waals surface area contributed by atoms with Gasteiger partial charge in [0.05, 0.1) is 15.8 Å². The van der Waals surface area contributed by atoms with Gasteiger partial charge < -0.3 is 11.1 Å². The largest absolute Gasteiger partial charge is 0.397 e. The van der Waals surface area contributed by atoms with Crippen LogP contribution >= 0.6 is 15.9 Å². The zero-order valence-electron chi connectivity index (χ0n) is 9.69. The fourth-order valence-corrected chi connectivity index (χ4v) is 1.98. The van der Waals surface area contributed by atoms with Gasteiger partial charge in [0.25, 0.3) is 0 Å². The quantitative estimate of drug-likeness (QED) is 0.799. The molecule has 0 saturated heterocycles. The summed E-state index contributed by atoms with van der Waals surface area (Å²) in [7, 11) is 0. The van der Waals surface area contributed by atoms with Crippen molar-refractivity contribution in [2.45, 2.75) is 39.2 Å². The first-order valence-corrected chi connectivity index (χ1v) is 6.38. The molecule has 0 bridgehead atoms. The lowest BCUT2D eigenvalue weighted by atomic mass is 10.1. The van der Waals surface area contributed by atoms with E-state index in [9.17, 15) is 4.39 Å². The highest BCUT2D eigenvalue weighted by Crippen LogP contribution is 2.27. The summed E-state index contributed by atoms with van der Waals surface area (Å²) in [6.45, 7) is 4.27. The molecule has 0 heterocycles. The maximum absolute atomic E-state index is 13.2. The van der Waals surface area contributed by atoms with Crippen molar-refractivity contribution in [2.24, 2.45) is 0 Å². The molecule has 4 heteroatoms. The molecule has 1 atom stereocenters. The number of rotatable bonds is 5. The van der Waals surface area contributed by atoms with Crippen molar-refractivity contribution in [1.29, 1.82) is 0 Å². The highest BCUT2D eigenvalue weighted by atomic mass is 79.9. The van der Waals surface area contributed by atoms with Crippen LogP contribution in [0.3, 0.4) is 0 Å². The first kappa shape index (κ1) is 13.3. The summed E-state index contributed by atoms with van der Waals surface area (Å²) < 4.78 is 13.6. The normalized spacial score (nSPS) is 12.5. The monoisotopic (exact) mass is 288 g/mol. The molecular formula is C12H18BrFN2. The van der Waals surface area contributed by atoms with E-state index in [0.717, 1.165) is 24.9 Å². The van der Waals surface area contributed by atoms with E-state index in [0.29, 0.717) is 16.2 Å². The number of hydrogen-bond acceptors (Lipinski definition) is 2. The summed E-state index contributed by atoms with van der Waals surface area (Å²) in [5.74, 6) is -0.327. The van der Waals surface area contributed by atoms with E-state index >= 15 is 0 Å². The zero-order chi connectivity index (χ0) is 12.1. The van der Waals surface area contributed by atoms with E-state index in [4.69, 9.17) is 5.73 Å². The van der Waals surface area contributed by atoms with Gasteiger partial charge in [-0.05, 0) is 34.8 Å². The zero-order valence-corrected chi connectivity index (χ0v) is 11.3. The smallest absolute Gasteiger partial charge is 0.139 e. The Hall–Kier alpha value is -0.770. The van der Waals surface area contributed by atoms with Gasteiger partial charge in [-0.15, -0.1) is 0 Å². The van der Waals surface area contributed by atoms with Crippen LogP contribution in [0.2, 0.25) is 0 Å². The van der Waals surface area contributed by atoms with Gasteiger partial charge in [-0.25, -0.2) is 4.39 Å². The van der Waals surface area contributed by atoms with Crippen LogP contribution in [0.5, 0.6) is 0 Å². The molecule has 90 valence electrons. The van der Waals surface area contributed by atoms with Crippen LogP contribution in [-0.4, -0.2) is 6.04 Å². The van der Waals surface area contributed by atoms with Gasteiger partial charge in [0.2, 0.25) is 0 Å². The van der Waals surface area contributed by atoms with Crippen molar-refractivity contribution in [3.8, 4) is 0 Å². The third kappa shape index (κ3) is 3.37. The molecule has 1 aromatic carbocycles. The van der Waals surface area contributed by atoms with Gasteiger partial charge in [0.15, 0.2) is 0 Å². The van der Waals surface area contributed by atoms with Gasteiger partial charge in [0.1, 0.15) is 5.82 Å². The lowest BCUT2D eigenvalue weighted by Crippen LogP contribution is -2.18. The maximum atomic E-state index is 13.2. The number of halogens is 2. The molecule has 0 spiro atoms. The minimum Gasteiger partial charge on any atom is -0.397 e. The summed E-state index contributed by atoms with van der Waals surface area (Å²) in [6.07, 6.45) is 3.24. The molecule has 2 nitrogen and oxygen atoms in total. The van der Waals surface area contributed by atoms with Crippen LogP contribution in [0.15, 0.2) is 16.6 Å². The molecule has 0 fully saturated rings. The molecular weight excluding hydrogens is 271 g/mol. The molecule has 1 rings (SSSR count). The molecule has 0 aromatic heterocycles. The Balaban J connectivity index is 2.83. The Labute approximate surface area is 105 Å². The van der Waals surface area contributed by atoms with Crippen molar-refractivity contribution in [3.63, 3.8) is 0 Å². The van der Waals surface area contributed by atoms with E-state index in [1.165, 1.54) is 6.07 Å². The van der Waals surface area contributed by atoms with E-state index < -0.39 is 0 Å². The van der Waals surface area contributed by atoms with Gasteiger partial charge in [0, 0.05) is 12.1 Å². The SMILES string of the molecule is CCCC(CC)Nc1cc(Br)c(F)cc1N. The van der Waals surface area contributed by atoms with Gasteiger partial charge in [-0.3, -0.25) is 0 Å². The maximum Gasteiger partial charge on any atom is 0.139 e. The molecule has 0 aliphatic rings. The Kier molecular flexibility index (Phi) is 5.06. The molecule has 1 aromatic rings. The minimum atomic E-state index is -0.327. The number of nitrogens with one attached hydrogen (secondary N) is 1. The highest BCUT2D eigenvalue weighted by Gasteiger charge is 2.09. The second-order valence-corrected chi connectivity index (χ2v) is 4.75. The topological polar surface area (TPSA) is 38.0 Å². The van der Waals surface area contributed by atoms with Gasteiger partial charge in [-0.2, -0.15) is 0 Å².